The van der Waals surface area contributed by atoms with Crippen molar-refractivity contribution < 1.29 is 14.6 Å². The van der Waals surface area contributed by atoms with Gasteiger partial charge in [0.15, 0.2) is 0 Å². The van der Waals surface area contributed by atoms with Crippen LogP contribution in [-0.4, -0.2) is 17.7 Å². The summed E-state index contributed by atoms with van der Waals surface area (Å²) in [5.74, 6) is -0.252. The van der Waals surface area contributed by atoms with E-state index < -0.39 is 0 Å². The van der Waals surface area contributed by atoms with E-state index in [1.165, 1.54) is 0 Å². The maximum absolute atomic E-state index is 11.1. The average Bonchev–Trinajstić information content (AvgIpc) is 2.57. The molecule has 3 heteroatoms. The molecule has 1 aliphatic rings. The molecule has 1 aliphatic heterocycles. The molecular formula is C11H10O3. The molecule has 0 atom stereocenters. The number of esters is 1. The van der Waals surface area contributed by atoms with Gasteiger partial charge in [-0.2, -0.15) is 0 Å². The van der Waals surface area contributed by atoms with Gasteiger partial charge in [-0.1, -0.05) is 18.2 Å². The first kappa shape index (κ1) is 8.97. The Morgan fingerprint density at radius 2 is 2.36 bits per heavy atom. The zero-order chi connectivity index (χ0) is 9.97. The van der Waals surface area contributed by atoms with Gasteiger partial charge < -0.3 is 9.84 Å². The number of hydrogen-bond acceptors (Lipinski definition) is 3. The maximum atomic E-state index is 11.1. The van der Waals surface area contributed by atoms with Gasteiger partial charge in [-0.15, -0.1) is 0 Å². The summed E-state index contributed by atoms with van der Waals surface area (Å²) in [6, 6.07) is 5.48. The minimum Gasteiger partial charge on any atom is -0.457 e. The molecule has 0 aliphatic carbocycles. The van der Waals surface area contributed by atoms with Crippen molar-refractivity contribution in [3.8, 4) is 0 Å². The topological polar surface area (TPSA) is 46.5 Å². The van der Waals surface area contributed by atoms with Crippen molar-refractivity contribution in [2.24, 2.45) is 0 Å². The summed E-state index contributed by atoms with van der Waals surface area (Å²) < 4.78 is 4.87. The molecule has 0 saturated carbocycles. The fraction of sp³-hybridized carbons (Fsp3) is 0.182. The Kier molecular flexibility index (Phi) is 2.33. The molecule has 0 bridgehead atoms. The Morgan fingerprint density at radius 1 is 1.50 bits per heavy atom. The van der Waals surface area contributed by atoms with Gasteiger partial charge in [-0.25, -0.2) is 4.79 Å². The average molecular weight is 190 g/mol. The fourth-order valence-corrected chi connectivity index (χ4v) is 1.45. The molecule has 72 valence electrons. The largest absolute Gasteiger partial charge is 0.457 e. The third-order valence-electron chi connectivity index (χ3n) is 2.12. The van der Waals surface area contributed by atoms with Gasteiger partial charge in [-0.05, 0) is 17.7 Å². The summed E-state index contributed by atoms with van der Waals surface area (Å²) in [6.45, 7) is 0.376. The summed E-state index contributed by atoms with van der Waals surface area (Å²) in [6.07, 6.45) is 3.46. The molecule has 0 amide bonds. The van der Waals surface area contributed by atoms with Gasteiger partial charge in [0, 0.05) is 5.56 Å². The quantitative estimate of drug-likeness (QED) is 0.716. The highest BCUT2D eigenvalue weighted by molar-refractivity contribution is 5.93. The minimum atomic E-state index is -0.252. The van der Waals surface area contributed by atoms with E-state index in [0.717, 1.165) is 11.1 Å². The van der Waals surface area contributed by atoms with Crippen LogP contribution in [0.15, 0.2) is 24.3 Å². The van der Waals surface area contributed by atoms with Crippen molar-refractivity contribution in [2.45, 2.75) is 6.61 Å². The van der Waals surface area contributed by atoms with Crippen LogP contribution >= 0.6 is 0 Å². The van der Waals surface area contributed by atoms with Crippen LogP contribution in [0.3, 0.4) is 0 Å². The lowest BCUT2D eigenvalue weighted by molar-refractivity contribution is 0.0535. The Labute approximate surface area is 81.6 Å². The van der Waals surface area contributed by atoms with E-state index in [-0.39, 0.29) is 12.6 Å². The van der Waals surface area contributed by atoms with Crippen LogP contribution in [0.4, 0.5) is 0 Å². The zero-order valence-corrected chi connectivity index (χ0v) is 7.56. The number of fused-ring (bicyclic) bond motifs is 1. The van der Waals surface area contributed by atoms with Crippen LogP contribution < -0.4 is 0 Å². The van der Waals surface area contributed by atoms with Gasteiger partial charge in [0.2, 0.25) is 0 Å². The Balaban J connectivity index is 2.32. The van der Waals surface area contributed by atoms with E-state index in [0.29, 0.717) is 12.2 Å². The van der Waals surface area contributed by atoms with Crippen LogP contribution in [0, 0.1) is 0 Å². The number of rotatable bonds is 2. The number of benzene rings is 1. The fourth-order valence-electron chi connectivity index (χ4n) is 1.45. The molecule has 0 spiro atoms. The van der Waals surface area contributed by atoms with E-state index in [4.69, 9.17) is 9.84 Å². The molecule has 0 fully saturated rings. The molecule has 1 heterocycles. The highest BCUT2D eigenvalue weighted by Crippen LogP contribution is 2.21. The number of carbonyl (C=O) groups is 1. The van der Waals surface area contributed by atoms with Gasteiger partial charge >= 0.3 is 5.97 Å². The molecule has 0 radical (unpaired) electrons. The SMILES string of the molecule is O=C1OCc2cc(/C=C/CO)ccc21. The smallest absolute Gasteiger partial charge is 0.338 e. The number of cyclic esters (lactones) is 1. The van der Waals surface area contributed by atoms with Crippen LogP contribution in [0.1, 0.15) is 21.5 Å². The van der Waals surface area contributed by atoms with Crippen molar-refractivity contribution in [3.05, 3.63) is 41.0 Å². The second kappa shape index (κ2) is 3.64. The predicted octanol–water partition coefficient (Wildman–Crippen LogP) is 1.36. The minimum absolute atomic E-state index is 0.0204. The summed E-state index contributed by atoms with van der Waals surface area (Å²) in [7, 11) is 0. The molecule has 0 aromatic heterocycles. The molecule has 1 aromatic carbocycles. The number of aliphatic hydroxyl groups excluding tert-OH is 1. The first-order valence-corrected chi connectivity index (χ1v) is 4.38. The molecule has 1 aromatic rings. The lowest BCUT2D eigenvalue weighted by Gasteiger charge is -1.96. The monoisotopic (exact) mass is 190 g/mol. The summed E-state index contributed by atoms with van der Waals surface area (Å²) in [5.41, 5.74) is 2.53. The van der Waals surface area contributed by atoms with Crippen LogP contribution in [0.2, 0.25) is 0 Å². The molecule has 0 unspecified atom stereocenters. The van der Waals surface area contributed by atoms with E-state index in [1.807, 2.05) is 18.2 Å². The van der Waals surface area contributed by atoms with Crippen molar-refractivity contribution in [2.75, 3.05) is 6.61 Å². The third-order valence-corrected chi connectivity index (χ3v) is 2.12. The van der Waals surface area contributed by atoms with Crippen molar-refractivity contribution in [1.82, 2.24) is 0 Å². The second-order valence-electron chi connectivity index (χ2n) is 3.08. The Bertz CT molecular complexity index is 394. The zero-order valence-electron chi connectivity index (χ0n) is 7.56. The lowest BCUT2D eigenvalue weighted by atomic mass is 10.1. The third kappa shape index (κ3) is 1.54. The number of carbonyl (C=O) groups excluding carboxylic acids is 1. The van der Waals surface area contributed by atoms with E-state index in [1.54, 1.807) is 12.1 Å². The molecule has 3 nitrogen and oxygen atoms in total. The van der Waals surface area contributed by atoms with Crippen molar-refractivity contribution in [3.63, 3.8) is 0 Å². The van der Waals surface area contributed by atoms with Gasteiger partial charge in [0.1, 0.15) is 6.61 Å². The number of ether oxygens (including phenoxy) is 1. The standard InChI is InChI=1S/C11H10O3/c12-5-1-2-8-3-4-10-9(6-8)7-14-11(10)13/h1-4,6,12H,5,7H2/b2-1+. The Morgan fingerprint density at radius 3 is 3.14 bits per heavy atom. The number of hydrogen-bond donors (Lipinski definition) is 1. The maximum Gasteiger partial charge on any atom is 0.338 e. The highest BCUT2D eigenvalue weighted by atomic mass is 16.5. The molecule has 0 saturated heterocycles. The van der Waals surface area contributed by atoms with Crippen molar-refractivity contribution in [1.29, 1.82) is 0 Å². The predicted molar refractivity (Wildman–Crippen MR) is 51.7 cm³/mol. The molecule has 2 rings (SSSR count). The summed E-state index contributed by atoms with van der Waals surface area (Å²) >= 11 is 0. The normalized spacial score (nSPS) is 14.5. The van der Waals surface area contributed by atoms with Crippen molar-refractivity contribution >= 4 is 12.0 Å². The summed E-state index contributed by atoms with van der Waals surface area (Å²) in [5, 5.41) is 8.60. The van der Waals surface area contributed by atoms with Gasteiger partial charge in [0.05, 0.1) is 12.2 Å². The molecule has 14 heavy (non-hydrogen) atoms. The van der Waals surface area contributed by atoms with Crippen LogP contribution in [-0.2, 0) is 11.3 Å². The van der Waals surface area contributed by atoms with E-state index in [9.17, 15) is 4.79 Å². The first-order valence-electron chi connectivity index (χ1n) is 4.38. The van der Waals surface area contributed by atoms with E-state index in [2.05, 4.69) is 0 Å². The number of aliphatic hydroxyl groups is 1. The van der Waals surface area contributed by atoms with Crippen LogP contribution in [0.5, 0.6) is 0 Å². The lowest BCUT2D eigenvalue weighted by Crippen LogP contribution is -1.92. The van der Waals surface area contributed by atoms with E-state index >= 15 is 0 Å². The molecular weight excluding hydrogens is 180 g/mol. The van der Waals surface area contributed by atoms with Crippen LogP contribution in [0.25, 0.3) is 6.08 Å². The second-order valence-corrected chi connectivity index (χ2v) is 3.08. The van der Waals surface area contributed by atoms with Gasteiger partial charge in [0.25, 0.3) is 0 Å². The Hall–Kier alpha value is -1.61. The molecule has 1 N–H and O–H groups in total. The summed E-state index contributed by atoms with van der Waals surface area (Å²) in [4.78, 5) is 11.1. The first-order chi connectivity index (χ1) is 6.81. The highest BCUT2D eigenvalue weighted by Gasteiger charge is 2.20. The van der Waals surface area contributed by atoms with Gasteiger partial charge in [-0.3, -0.25) is 0 Å².